The number of carbonyl (C=O) groups is 1. The van der Waals surface area contributed by atoms with E-state index in [1.165, 1.54) is 0 Å². The minimum atomic E-state index is 0.0809. The summed E-state index contributed by atoms with van der Waals surface area (Å²) in [5.74, 6) is 0.401. The molecule has 0 saturated carbocycles. The Labute approximate surface area is 109 Å². The van der Waals surface area contributed by atoms with Crippen molar-refractivity contribution >= 4 is 32.6 Å². The van der Waals surface area contributed by atoms with Gasteiger partial charge in [-0.15, -0.1) is 0 Å². The van der Waals surface area contributed by atoms with Crippen LogP contribution in [0.25, 0.3) is 10.9 Å². The molecule has 0 bridgehead atoms. The monoisotopic (exact) mass is 291 g/mol. The van der Waals surface area contributed by atoms with Gasteiger partial charge in [0.2, 0.25) is 0 Å². The van der Waals surface area contributed by atoms with Gasteiger partial charge in [-0.05, 0) is 37.1 Å². The molecule has 17 heavy (non-hydrogen) atoms. The van der Waals surface area contributed by atoms with Gasteiger partial charge in [-0.1, -0.05) is 29.8 Å². The van der Waals surface area contributed by atoms with E-state index in [0.29, 0.717) is 5.92 Å². The molecule has 0 fully saturated rings. The van der Waals surface area contributed by atoms with Gasteiger partial charge in [0.25, 0.3) is 0 Å². The molecule has 0 saturated heterocycles. The number of nitrogens with zero attached hydrogens (tertiary/aromatic N) is 1. The predicted octanol–water partition coefficient (Wildman–Crippen LogP) is 4.32. The molecule has 0 atom stereocenters. The fraction of sp³-hybridized carbons (Fsp3) is 0.286. The molecule has 1 heterocycles. The molecule has 2 nitrogen and oxygen atoms in total. The van der Waals surface area contributed by atoms with E-state index in [4.69, 9.17) is 0 Å². The van der Waals surface area contributed by atoms with Crippen LogP contribution in [0.2, 0.25) is 0 Å². The molecule has 0 aliphatic carbocycles. The van der Waals surface area contributed by atoms with Crippen LogP contribution < -0.4 is 0 Å². The smallest absolute Gasteiger partial charge is 0.160 e. The van der Waals surface area contributed by atoms with E-state index < -0.39 is 0 Å². The van der Waals surface area contributed by atoms with Crippen LogP contribution in [0.1, 0.15) is 42.7 Å². The summed E-state index contributed by atoms with van der Waals surface area (Å²) in [7, 11) is 0. The van der Waals surface area contributed by atoms with Crippen LogP contribution in [0.5, 0.6) is 0 Å². The zero-order valence-electron chi connectivity index (χ0n) is 10.1. The van der Waals surface area contributed by atoms with Crippen molar-refractivity contribution in [2.75, 3.05) is 0 Å². The number of halogens is 1. The molecule has 1 aromatic heterocycles. The summed E-state index contributed by atoms with van der Waals surface area (Å²) < 4.78 is 0.964. The minimum Gasteiger partial charge on any atom is -0.294 e. The number of carbonyl (C=O) groups excluding carboxylic acids is 1. The summed E-state index contributed by atoms with van der Waals surface area (Å²) in [6, 6.07) is 7.74. The summed E-state index contributed by atoms with van der Waals surface area (Å²) in [6.45, 7) is 5.76. The maximum atomic E-state index is 11.7. The van der Waals surface area contributed by atoms with Crippen molar-refractivity contribution in [1.82, 2.24) is 4.98 Å². The molecular weight excluding hydrogens is 278 g/mol. The first-order valence-electron chi connectivity index (χ1n) is 5.60. The normalized spacial score (nSPS) is 11.1. The summed E-state index contributed by atoms with van der Waals surface area (Å²) in [4.78, 5) is 16.3. The Morgan fingerprint density at radius 2 is 2.00 bits per heavy atom. The number of hydrogen-bond donors (Lipinski definition) is 0. The number of Topliss-reactive ketones (excluding diaryl/α,β-unsaturated/α-hetero) is 1. The van der Waals surface area contributed by atoms with Crippen molar-refractivity contribution in [3.63, 3.8) is 0 Å². The van der Waals surface area contributed by atoms with Crippen molar-refractivity contribution < 1.29 is 4.79 Å². The average Bonchev–Trinajstić information content (AvgIpc) is 2.27. The molecule has 3 heteroatoms. The highest BCUT2D eigenvalue weighted by Gasteiger charge is 2.11. The van der Waals surface area contributed by atoms with Crippen LogP contribution in [0.3, 0.4) is 0 Å². The number of pyridine rings is 1. The lowest BCUT2D eigenvalue weighted by Gasteiger charge is -2.10. The lowest BCUT2D eigenvalue weighted by Crippen LogP contribution is -2.01. The van der Waals surface area contributed by atoms with Crippen LogP contribution >= 0.6 is 15.9 Å². The van der Waals surface area contributed by atoms with E-state index in [1.807, 2.05) is 24.3 Å². The van der Waals surface area contributed by atoms with E-state index in [0.717, 1.165) is 26.6 Å². The van der Waals surface area contributed by atoms with Gasteiger partial charge in [-0.25, -0.2) is 0 Å². The lowest BCUT2D eigenvalue weighted by atomic mass is 10.0. The number of hydrogen-bond acceptors (Lipinski definition) is 2. The first kappa shape index (κ1) is 12.2. The summed E-state index contributed by atoms with van der Waals surface area (Å²) in [5.41, 5.74) is 2.59. The molecule has 2 rings (SSSR count). The molecule has 0 spiro atoms. The Morgan fingerprint density at radius 3 is 2.59 bits per heavy atom. The van der Waals surface area contributed by atoms with Crippen LogP contribution in [-0.4, -0.2) is 10.8 Å². The van der Waals surface area contributed by atoms with Crippen molar-refractivity contribution in [2.24, 2.45) is 0 Å². The van der Waals surface area contributed by atoms with Crippen LogP contribution in [0, 0.1) is 0 Å². The standard InChI is InChI=1S/C14H14BrNO/c1-8(2)14-7-11(9(3)17)12-6-10(15)4-5-13(12)16-14/h4-8H,1-3H3. The van der Waals surface area contributed by atoms with E-state index in [-0.39, 0.29) is 5.78 Å². The Balaban J connectivity index is 2.81. The van der Waals surface area contributed by atoms with Gasteiger partial charge in [-0.3, -0.25) is 9.78 Å². The Hall–Kier alpha value is -1.22. The van der Waals surface area contributed by atoms with Gasteiger partial charge >= 0.3 is 0 Å². The van der Waals surface area contributed by atoms with Crippen molar-refractivity contribution in [3.05, 3.63) is 40.0 Å². The molecule has 0 aliphatic rings. The fourth-order valence-corrected chi connectivity index (χ4v) is 2.17. The maximum Gasteiger partial charge on any atom is 0.160 e. The number of ketones is 1. The molecular formula is C14H14BrNO. The first-order valence-corrected chi connectivity index (χ1v) is 6.39. The molecule has 0 aliphatic heterocycles. The van der Waals surface area contributed by atoms with Crippen LogP contribution in [0.15, 0.2) is 28.7 Å². The van der Waals surface area contributed by atoms with Gasteiger partial charge in [0.05, 0.1) is 5.52 Å². The van der Waals surface area contributed by atoms with E-state index in [2.05, 4.69) is 34.8 Å². The van der Waals surface area contributed by atoms with Gasteiger partial charge in [-0.2, -0.15) is 0 Å². The molecule has 0 amide bonds. The van der Waals surface area contributed by atoms with Gasteiger partial charge in [0.1, 0.15) is 0 Å². The fourth-order valence-electron chi connectivity index (χ4n) is 1.81. The quantitative estimate of drug-likeness (QED) is 0.771. The number of aromatic nitrogens is 1. The largest absolute Gasteiger partial charge is 0.294 e. The van der Waals surface area contributed by atoms with Gasteiger partial charge in [0, 0.05) is 21.1 Å². The summed E-state index contributed by atoms with van der Waals surface area (Å²) in [5, 5.41) is 0.913. The van der Waals surface area contributed by atoms with E-state index in [9.17, 15) is 4.79 Å². The highest BCUT2D eigenvalue weighted by molar-refractivity contribution is 9.10. The second kappa shape index (κ2) is 4.57. The van der Waals surface area contributed by atoms with E-state index in [1.54, 1.807) is 6.92 Å². The second-order valence-electron chi connectivity index (χ2n) is 4.47. The number of benzene rings is 1. The highest BCUT2D eigenvalue weighted by atomic mass is 79.9. The highest BCUT2D eigenvalue weighted by Crippen LogP contribution is 2.25. The van der Waals surface area contributed by atoms with Gasteiger partial charge in [0.15, 0.2) is 5.78 Å². The Kier molecular flexibility index (Phi) is 3.29. The van der Waals surface area contributed by atoms with Gasteiger partial charge < -0.3 is 0 Å². The summed E-state index contributed by atoms with van der Waals surface area (Å²) in [6.07, 6.45) is 0. The topological polar surface area (TPSA) is 30.0 Å². The molecule has 0 N–H and O–H groups in total. The molecule has 2 aromatic rings. The number of fused-ring (bicyclic) bond motifs is 1. The maximum absolute atomic E-state index is 11.7. The molecule has 0 radical (unpaired) electrons. The first-order chi connectivity index (χ1) is 7.99. The van der Waals surface area contributed by atoms with Crippen molar-refractivity contribution in [2.45, 2.75) is 26.7 Å². The lowest BCUT2D eigenvalue weighted by molar-refractivity contribution is 0.101. The summed E-state index contributed by atoms with van der Waals surface area (Å²) >= 11 is 3.42. The number of rotatable bonds is 2. The molecule has 0 unspecified atom stereocenters. The van der Waals surface area contributed by atoms with Crippen molar-refractivity contribution in [1.29, 1.82) is 0 Å². The third-order valence-electron chi connectivity index (χ3n) is 2.76. The zero-order valence-corrected chi connectivity index (χ0v) is 11.7. The predicted molar refractivity (Wildman–Crippen MR) is 73.5 cm³/mol. The van der Waals surface area contributed by atoms with Crippen LogP contribution in [-0.2, 0) is 0 Å². The van der Waals surface area contributed by atoms with Crippen molar-refractivity contribution in [3.8, 4) is 0 Å². The minimum absolute atomic E-state index is 0.0809. The Morgan fingerprint density at radius 1 is 1.29 bits per heavy atom. The zero-order chi connectivity index (χ0) is 12.6. The van der Waals surface area contributed by atoms with E-state index >= 15 is 0 Å². The SMILES string of the molecule is CC(=O)c1cc(C(C)C)nc2ccc(Br)cc12. The van der Waals surface area contributed by atoms with Crippen LogP contribution in [0.4, 0.5) is 0 Å². The second-order valence-corrected chi connectivity index (χ2v) is 5.38. The molecule has 1 aromatic carbocycles. The third kappa shape index (κ3) is 2.39. The molecule has 88 valence electrons. The Bertz CT molecular complexity index is 590. The average molecular weight is 292 g/mol. The third-order valence-corrected chi connectivity index (χ3v) is 3.25.